The second-order valence-electron chi connectivity index (χ2n) is 6.53. The molecule has 0 aliphatic heterocycles. The molecule has 0 bridgehead atoms. The number of nitriles is 1. The highest BCUT2D eigenvalue weighted by Gasteiger charge is 2.09. The van der Waals surface area contributed by atoms with E-state index >= 15 is 0 Å². The van der Waals surface area contributed by atoms with Crippen LogP contribution in [0.1, 0.15) is 23.6 Å². The first-order valence-corrected chi connectivity index (χ1v) is 10.6. The highest BCUT2D eigenvalue weighted by Crippen LogP contribution is 2.31. The predicted molar refractivity (Wildman–Crippen MR) is 128 cm³/mol. The molecular formula is C24H19IN2O4. The van der Waals surface area contributed by atoms with Gasteiger partial charge in [0, 0.05) is 15.7 Å². The molecule has 0 radical (unpaired) electrons. The van der Waals surface area contributed by atoms with Crippen LogP contribution in [0, 0.1) is 25.0 Å². The number of halogens is 1. The molecule has 6 nitrogen and oxygen atoms in total. The fraction of sp³-hybridized carbons (Fsp3) is 0.125. The average Bonchev–Trinajstić information content (AvgIpc) is 2.78. The van der Waals surface area contributed by atoms with Crippen molar-refractivity contribution in [3.63, 3.8) is 0 Å². The van der Waals surface area contributed by atoms with Gasteiger partial charge in [-0.15, -0.1) is 0 Å². The minimum Gasteiger partial charge on any atom is -0.490 e. The summed E-state index contributed by atoms with van der Waals surface area (Å²) in [5.41, 5.74) is 3.07. The van der Waals surface area contributed by atoms with Crippen LogP contribution in [-0.4, -0.2) is 11.5 Å². The van der Waals surface area contributed by atoms with Gasteiger partial charge in [0.05, 0.1) is 23.2 Å². The van der Waals surface area contributed by atoms with E-state index in [1.54, 1.807) is 18.2 Å². The Morgan fingerprint density at radius 1 is 1.06 bits per heavy atom. The average molecular weight is 526 g/mol. The molecule has 0 aliphatic rings. The first-order valence-electron chi connectivity index (χ1n) is 9.51. The van der Waals surface area contributed by atoms with Gasteiger partial charge in [0.1, 0.15) is 6.61 Å². The van der Waals surface area contributed by atoms with Crippen molar-refractivity contribution in [2.45, 2.75) is 13.5 Å². The Hall–Kier alpha value is -3.38. The molecule has 0 atom stereocenters. The molecule has 0 spiro atoms. The van der Waals surface area contributed by atoms with Crippen LogP contribution in [0.2, 0.25) is 0 Å². The maximum absolute atomic E-state index is 10.8. The smallest absolute Gasteiger partial charge is 0.269 e. The summed E-state index contributed by atoms with van der Waals surface area (Å²) < 4.78 is 12.7. The van der Waals surface area contributed by atoms with Gasteiger partial charge in [-0.3, -0.25) is 10.1 Å². The second kappa shape index (κ2) is 10.6. The number of hydrogen-bond acceptors (Lipinski definition) is 5. The third kappa shape index (κ3) is 6.06. The highest BCUT2D eigenvalue weighted by molar-refractivity contribution is 14.1. The van der Waals surface area contributed by atoms with Crippen LogP contribution < -0.4 is 9.47 Å². The van der Waals surface area contributed by atoms with Crippen LogP contribution in [0.25, 0.3) is 11.6 Å². The minimum absolute atomic E-state index is 0.0383. The molecule has 0 aromatic heterocycles. The van der Waals surface area contributed by atoms with Crippen molar-refractivity contribution in [3.8, 4) is 17.6 Å². The van der Waals surface area contributed by atoms with Crippen molar-refractivity contribution >= 4 is 39.9 Å². The molecule has 3 aromatic carbocycles. The van der Waals surface area contributed by atoms with Crippen LogP contribution in [0.4, 0.5) is 5.69 Å². The summed E-state index contributed by atoms with van der Waals surface area (Å²) in [6, 6.07) is 21.7. The van der Waals surface area contributed by atoms with Gasteiger partial charge in [-0.1, -0.05) is 18.2 Å². The van der Waals surface area contributed by atoms with Gasteiger partial charge in [-0.25, -0.2) is 0 Å². The van der Waals surface area contributed by atoms with Gasteiger partial charge in [0.2, 0.25) is 0 Å². The van der Waals surface area contributed by atoms with E-state index in [2.05, 4.69) is 28.7 Å². The van der Waals surface area contributed by atoms with Crippen molar-refractivity contribution in [1.82, 2.24) is 0 Å². The van der Waals surface area contributed by atoms with Gasteiger partial charge in [0.25, 0.3) is 5.69 Å². The number of rotatable bonds is 8. The van der Waals surface area contributed by atoms with E-state index in [1.165, 1.54) is 12.1 Å². The molecule has 0 aliphatic carbocycles. The number of hydrogen-bond donors (Lipinski definition) is 0. The minimum atomic E-state index is -0.435. The first-order chi connectivity index (χ1) is 15.0. The van der Waals surface area contributed by atoms with Crippen LogP contribution in [0.15, 0.2) is 66.7 Å². The molecule has 0 unspecified atom stereocenters. The van der Waals surface area contributed by atoms with Gasteiger partial charge in [0.15, 0.2) is 11.5 Å². The van der Waals surface area contributed by atoms with Crippen LogP contribution in [0.3, 0.4) is 0 Å². The molecule has 0 N–H and O–H groups in total. The highest BCUT2D eigenvalue weighted by atomic mass is 127. The summed E-state index contributed by atoms with van der Waals surface area (Å²) in [7, 11) is 0. The molecular weight excluding hydrogens is 507 g/mol. The largest absolute Gasteiger partial charge is 0.490 e. The number of nitrogens with zero attached hydrogens (tertiary/aromatic N) is 2. The number of allylic oxidation sites excluding steroid dienone is 1. The topological polar surface area (TPSA) is 85.4 Å². The quantitative estimate of drug-likeness (QED) is 0.114. The zero-order valence-electron chi connectivity index (χ0n) is 16.7. The van der Waals surface area contributed by atoms with E-state index in [0.29, 0.717) is 23.7 Å². The van der Waals surface area contributed by atoms with Gasteiger partial charge in [-0.05, 0) is 88.7 Å². The lowest BCUT2D eigenvalue weighted by atomic mass is 10.0. The summed E-state index contributed by atoms with van der Waals surface area (Å²) >= 11 is 2.23. The van der Waals surface area contributed by atoms with Crippen molar-refractivity contribution in [2.75, 3.05) is 6.61 Å². The molecule has 0 saturated heterocycles. The second-order valence-corrected chi connectivity index (χ2v) is 7.77. The zero-order chi connectivity index (χ0) is 22.2. The van der Waals surface area contributed by atoms with Gasteiger partial charge in [-0.2, -0.15) is 5.26 Å². The Balaban J connectivity index is 1.80. The number of non-ortho nitro benzene ring substituents is 1. The molecule has 0 saturated carbocycles. The number of ether oxygens (including phenoxy) is 2. The molecule has 3 aromatic rings. The Kier molecular flexibility index (Phi) is 7.62. The summed E-state index contributed by atoms with van der Waals surface area (Å²) in [4.78, 5) is 10.3. The normalized spacial score (nSPS) is 10.9. The van der Waals surface area contributed by atoms with E-state index in [9.17, 15) is 15.4 Å². The lowest BCUT2D eigenvalue weighted by Crippen LogP contribution is -2.00. The Bertz CT molecular complexity index is 1130. The fourth-order valence-electron chi connectivity index (χ4n) is 2.85. The summed E-state index contributed by atoms with van der Waals surface area (Å²) in [6.07, 6.45) is 1.81. The maximum atomic E-state index is 10.8. The fourth-order valence-corrected chi connectivity index (χ4v) is 3.21. The maximum Gasteiger partial charge on any atom is 0.269 e. The Morgan fingerprint density at radius 2 is 1.77 bits per heavy atom. The molecule has 0 amide bonds. The number of nitro benzene ring substituents is 1. The van der Waals surface area contributed by atoms with E-state index in [1.807, 2.05) is 49.4 Å². The SMILES string of the molecule is CCOc1cc(/C=C(/C#N)c2ccc(I)cc2)ccc1OCc1ccc([N+](=O)[O-])cc1. The monoisotopic (exact) mass is 526 g/mol. The van der Waals surface area contributed by atoms with E-state index < -0.39 is 4.92 Å². The Morgan fingerprint density at radius 3 is 2.39 bits per heavy atom. The van der Waals surface area contributed by atoms with E-state index in [-0.39, 0.29) is 12.3 Å². The molecule has 31 heavy (non-hydrogen) atoms. The molecule has 3 rings (SSSR count). The lowest BCUT2D eigenvalue weighted by Gasteiger charge is -2.13. The molecule has 156 valence electrons. The van der Waals surface area contributed by atoms with Gasteiger partial charge >= 0.3 is 0 Å². The summed E-state index contributed by atoms with van der Waals surface area (Å²) in [5, 5.41) is 20.4. The summed E-state index contributed by atoms with van der Waals surface area (Å²) in [6.45, 7) is 2.59. The Labute approximate surface area is 194 Å². The third-order valence-corrected chi connectivity index (χ3v) is 5.11. The molecule has 0 fully saturated rings. The van der Waals surface area contributed by atoms with Crippen LogP contribution in [0.5, 0.6) is 11.5 Å². The van der Waals surface area contributed by atoms with Crippen molar-refractivity contribution in [3.05, 3.63) is 97.1 Å². The van der Waals surface area contributed by atoms with Crippen molar-refractivity contribution in [1.29, 1.82) is 5.26 Å². The van der Waals surface area contributed by atoms with E-state index in [4.69, 9.17) is 9.47 Å². The zero-order valence-corrected chi connectivity index (χ0v) is 18.9. The number of nitro groups is 1. The van der Waals surface area contributed by atoms with Crippen LogP contribution >= 0.6 is 22.6 Å². The lowest BCUT2D eigenvalue weighted by molar-refractivity contribution is -0.384. The van der Waals surface area contributed by atoms with Gasteiger partial charge < -0.3 is 9.47 Å². The third-order valence-electron chi connectivity index (χ3n) is 4.40. The van der Waals surface area contributed by atoms with Crippen molar-refractivity contribution < 1.29 is 14.4 Å². The standard InChI is InChI=1S/C24H19IN2O4/c1-2-30-24-14-18(13-20(15-26)19-6-8-21(25)9-7-19)5-12-23(24)31-16-17-3-10-22(11-4-17)27(28)29/h3-14H,2,16H2,1H3/b20-13-. The van der Waals surface area contributed by atoms with Crippen LogP contribution in [-0.2, 0) is 6.61 Å². The van der Waals surface area contributed by atoms with E-state index in [0.717, 1.165) is 20.3 Å². The molecule has 7 heteroatoms. The predicted octanol–water partition coefficient (Wildman–Crippen LogP) is 6.24. The molecule has 0 heterocycles. The van der Waals surface area contributed by atoms with Crippen molar-refractivity contribution in [2.24, 2.45) is 0 Å². The number of benzene rings is 3. The first kappa shape index (κ1) is 22.3. The summed E-state index contributed by atoms with van der Waals surface area (Å²) in [5.74, 6) is 1.13.